The molecule has 2 aromatic heterocycles. The van der Waals surface area contributed by atoms with Crippen molar-refractivity contribution in [3.8, 4) is 17.0 Å². The summed E-state index contributed by atoms with van der Waals surface area (Å²) >= 11 is 0. The maximum Gasteiger partial charge on any atom is 0.307 e. The highest BCUT2D eigenvalue weighted by molar-refractivity contribution is 5.84. The van der Waals surface area contributed by atoms with E-state index in [1.54, 1.807) is 12.4 Å². The number of carboxylic acid groups (broad SMARTS) is 1. The van der Waals surface area contributed by atoms with Crippen LogP contribution in [0, 0.1) is 24.1 Å². The van der Waals surface area contributed by atoms with Crippen LogP contribution < -0.4 is 15.0 Å². The number of piperidine rings is 2. The Bertz CT molecular complexity index is 1030. The Morgan fingerprint density at radius 2 is 1.94 bits per heavy atom. The summed E-state index contributed by atoms with van der Waals surface area (Å²) in [5.41, 5.74) is 3.71. The SMILES string of the molecule is Cc1ncc(-c2cnc(OCC3CCNCC3)c(F)c2)c(N2CCC(C)(C)CC2)c1CC(=O)O. The average Bonchev–Trinajstić information content (AvgIpc) is 2.80. The molecular weight excluding hydrogens is 435 g/mol. The molecular formula is C26H35FN4O3. The Morgan fingerprint density at radius 3 is 2.59 bits per heavy atom. The van der Waals surface area contributed by atoms with E-state index < -0.39 is 11.8 Å². The van der Waals surface area contributed by atoms with Crippen LogP contribution in [0.25, 0.3) is 11.1 Å². The number of carboxylic acids is 1. The maximum atomic E-state index is 15.0. The van der Waals surface area contributed by atoms with E-state index in [1.807, 2.05) is 6.92 Å². The van der Waals surface area contributed by atoms with Gasteiger partial charge in [0.2, 0.25) is 5.88 Å². The third kappa shape index (κ3) is 5.66. The summed E-state index contributed by atoms with van der Waals surface area (Å²) in [7, 11) is 0. The van der Waals surface area contributed by atoms with E-state index in [4.69, 9.17) is 4.74 Å². The van der Waals surface area contributed by atoms with Crippen LogP contribution in [0.15, 0.2) is 18.5 Å². The number of hydrogen-bond acceptors (Lipinski definition) is 6. The minimum Gasteiger partial charge on any atom is -0.481 e. The number of nitrogens with one attached hydrogen (secondary N) is 1. The lowest BCUT2D eigenvalue weighted by molar-refractivity contribution is -0.136. The van der Waals surface area contributed by atoms with Crippen molar-refractivity contribution in [3.05, 3.63) is 35.5 Å². The molecule has 0 bridgehead atoms. The van der Waals surface area contributed by atoms with Crippen LogP contribution in [-0.2, 0) is 11.2 Å². The fourth-order valence-corrected chi connectivity index (χ4v) is 4.83. The predicted octanol–water partition coefficient (Wildman–Crippen LogP) is 4.22. The van der Waals surface area contributed by atoms with Gasteiger partial charge in [-0.1, -0.05) is 13.8 Å². The number of hydrogen-bond donors (Lipinski definition) is 2. The Kier molecular flexibility index (Phi) is 7.36. The maximum absolute atomic E-state index is 15.0. The second kappa shape index (κ2) is 10.3. The molecule has 2 saturated heterocycles. The van der Waals surface area contributed by atoms with Crippen molar-refractivity contribution in [3.63, 3.8) is 0 Å². The van der Waals surface area contributed by atoms with Crippen LogP contribution >= 0.6 is 0 Å². The first kappa shape index (κ1) is 24.4. The highest BCUT2D eigenvalue weighted by Crippen LogP contribution is 2.40. The topological polar surface area (TPSA) is 87.6 Å². The normalized spacial score (nSPS) is 18.6. The number of ether oxygens (including phenoxy) is 1. The van der Waals surface area contributed by atoms with Gasteiger partial charge < -0.3 is 20.1 Å². The Morgan fingerprint density at radius 1 is 1.24 bits per heavy atom. The number of pyridine rings is 2. The molecule has 2 aliphatic heterocycles. The van der Waals surface area contributed by atoms with Gasteiger partial charge in [0, 0.05) is 47.9 Å². The standard InChI is InChI=1S/C26H35FN4O3/c1-17-20(13-23(32)33)24(31-10-6-26(2,3)7-11-31)21(15-29-17)19-12-22(27)25(30-14-19)34-16-18-4-8-28-9-5-18/h12,14-15,18,28H,4-11,13,16H2,1-3H3,(H,32,33). The van der Waals surface area contributed by atoms with Crippen molar-refractivity contribution < 1.29 is 19.0 Å². The second-order valence-corrected chi connectivity index (χ2v) is 10.3. The summed E-state index contributed by atoms with van der Waals surface area (Å²) in [6.07, 6.45) is 7.20. The van der Waals surface area contributed by atoms with Crippen molar-refractivity contribution in [2.24, 2.45) is 11.3 Å². The Hall–Kier alpha value is -2.74. The van der Waals surface area contributed by atoms with Gasteiger partial charge in [-0.2, -0.15) is 0 Å². The molecule has 0 aliphatic carbocycles. The van der Waals surface area contributed by atoms with Crippen molar-refractivity contribution in [2.75, 3.05) is 37.7 Å². The van der Waals surface area contributed by atoms with E-state index in [-0.39, 0.29) is 17.7 Å². The van der Waals surface area contributed by atoms with E-state index in [1.165, 1.54) is 6.07 Å². The molecule has 4 heterocycles. The number of carbonyl (C=O) groups is 1. The van der Waals surface area contributed by atoms with Gasteiger partial charge in [-0.05, 0) is 63.1 Å². The van der Waals surface area contributed by atoms with Gasteiger partial charge in [0.15, 0.2) is 5.82 Å². The molecule has 0 aromatic carbocycles. The number of rotatable bonds is 7. The van der Waals surface area contributed by atoms with Crippen molar-refractivity contribution in [1.82, 2.24) is 15.3 Å². The number of aryl methyl sites for hydroxylation is 1. The summed E-state index contributed by atoms with van der Waals surface area (Å²) in [6.45, 7) is 10.3. The fraction of sp³-hybridized carbons (Fsp3) is 0.577. The molecule has 0 amide bonds. The zero-order chi connectivity index (χ0) is 24.3. The van der Waals surface area contributed by atoms with E-state index >= 15 is 4.39 Å². The molecule has 8 heteroatoms. The lowest BCUT2D eigenvalue weighted by Gasteiger charge is -2.40. The molecule has 184 valence electrons. The zero-order valence-electron chi connectivity index (χ0n) is 20.4. The van der Waals surface area contributed by atoms with Crippen molar-refractivity contribution in [2.45, 2.75) is 52.9 Å². The van der Waals surface area contributed by atoms with Gasteiger partial charge in [0.25, 0.3) is 0 Å². The minimum atomic E-state index is -0.911. The third-order valence-corrected chi connectivity index (χ3v) is 7.16. The monoisotopic (exact) mass is 470 g/mol. The van der Waals surface area contributed by atoms with Gasteiger partial charge in [-0.25, -0.2) is 9.37 Å². The van der Waals surface area contributed by atoms with Crippen LogP contribution in [0.4, 0.5) is 10.1 Å². The first-order valence-corrected chi connectivity index (χ1v) is 12.2. The predicted molar refractivity (Wildman–Crippen MR) is 130 cm³/mol. The number of aromatic nitrogens is 2. The van der Waals surface area contributed by atoms with Crippen LogP contribution in [0.5, 0.6) is 5.88 Å². The molecule has 0 atom stereocenters. The van der Waals surface area contributed by atoms with Crippen molar-refractivity contribution in [1.29, 1.82) is 0 Å². The van der Waals surface area contributed by atoms with E-state index in [0.717, 1.165) is 57.5 Å². The fourth-order valence-electron chi connectivity index (χ4n) is 4.83. The molecule has 4 rings (SSSR count). The average molecular weight is 471 g/mol. The zero-order valence-corrected chi connectivity index (χ0v) is 20.4. The molecule has 2 fully saturated rings. The van der Waals surface area contributed by atoms with Crippen LogP contribution in [0.3, 0.4) is 0 Å². The molecule has 34 heavy (non-hydrogen) atoms. The first-order valence-electron chi connectivity index (χ1n) is 12.2. The molecule has 2 N–H and O–H groups in total. The number of nitrogens with zero attached hydrogens (tertiary/aromatic N) is 3. The van der Waals surface area contributed by atoms with Crippen molar-refractivity contribution >= 4 is 11.7 Å². The second-order valence-electron chi connectivity index (χ2n) is 10.3. The highest BCUT2D eigenvalue weighted by atomic mass is 19.1. The minimum absolute atomic E-state index is 0.00869. The molecule has 2 aliphatic rings. The lowest BCUT2D eigenvalue weighted by atomic mass is 9.82. The largest absolute Gasteiger partial charge is 0.481 e. The van der Waals surface area contributed by atoms with E-state index in [2.05, 4.69) is 34.0 Å². The molecule has 0 spiro atoms. The lowest BCUT2D eigenvalue weighted by Crippen LogP contribution is -2.38. The van der Waals surface area contributed by atoms with E-state index in [0.29, 0.717) is 34.9 Å². The Labute approximate surface area is 200 Å². The molecule has 7 nitrogen and oxygen atoms in total. The third-order valence-electron chi connectivity index (χ3n) is 7.16. The first-order chi connectivity index (χ1) is 16.2. The summed E-state index contributed by atoms with van der Waals surface area (Å²) in [5, 5.41) is 12.9. The van der Waals surface area contributed by atoms with Gasteiger partial charge in [-0.15, -0.1) is 0 Å². The summed E-state index contributed by atoms with van der Waals surface area (Å²) in [5.74, 6) is -1.02. The van der Waals surface area contributed by atoms with Gasteiger partial charge in [0.1, 0.15) is 0 Å². The van der Waals surface area contributed by atoms with Crippen LogP contribution in [-0.4, -0.2) is 53.8 Å². The summed E-state index contributed by atoms with van der Waals surface area (Å²) < 4.78 is 20.7. The number of aliphatic carboxylic acids is 1. The van der Waals surface area contributed by atoms with Gasteiger partial charge in [0.05, 0.1) is 18.7 Å². The van der Waals surface area contributed by atoms with Gasteiger partial charge >= 0.3 is 5.97 Å². The number of anilines is 1. The summed E-state index contributed by atoms with van der Waals surface area (Å²) in [4.78, 5) is 22.6. The Balaban J connectivity index is 1.65. The van der Waals surface area contributed by atoms with E-state index in [9.17, 15) is 9.90 Å². The number of halogens is 1. The molecule has 2 aromatic rings. The highest BCUT2D eigenvalue weighted by Gasteiger charge is 2.29. The molecule has 0 saturated carbocycles. The smallest absolute Gasteiger partial charge is 0.307 e. The molecule has 0 radical (unpaired) electrons. The quantitative estimate of drug-likeness (QED) is 0.626. The molecule has 0 unspecified atom stereocenters. The van der Waals surface area contributed by atoms with Crippen LogP contribution in [0.1, 0.15) is 50.8 Å². The summed E-state index contributed by atoms with van der Waals surface area (Å²) in [6, 6.07) is 1.43. The van der Waals surface area contributed by atoms with Gasteiger partial charge in [-0.3, -0.25) is 9.78 Å². The van der Waals surface area contributed by atoms with Crippen LogP contribution in [0.2, 0.25) is 0 Å².